The Morgan fingerprint density at radius 3 is 2.88 bits per heavy atom. The second kappa shape index (κ2) is 5.01. The molecule has 0 aliphatic carbocycles. The summed E-state index contributed by atoms with van der Waals surface area (Å²) in [6.45, 7) is 2.66. The van der Waals surface area contributed by atoms with Crippen molar-refractivity contribution in [2.75, 3.05) is 13.7 Å². The van der Waals surface area contributed by atoms with Gasteiger partial charge in [0.2, 0.25) is 0 Å². The van der Waals surface area contributed by atoms with Gasteiger partial charge in [-0.25, -0.2) is 0 Å². The zero-order valence-electron chi connectivity index (χ0n) is 10.2. The fourth-order valence-corrected chi connectivity index (χ4v) is 1.91. The van der Waals surface area contributed by atoms with Crippen molar-refractivity contribution >= 4 is 0 Å². The second-order valence-corrected chi connectivity index (χ2v) is 4.00. The molecule has 90 valence electrons. The van der Waals surface area contributed by atoms with Crippen molar-refractivity contribution in [2.45, 2.75) is 13.3 Å². The lowest BCUT2D eigenvalue weighted by Gasteiger charge is -2.09. The van der Waals surface area contributed by atoms with Crippen molar-refractivity contribution in [3.8, 4) is 16.9 Å². The zero-order valence-corrected chi connectivity index (χ0v) is 10.2. The molecular weight excluding hydrogens is 214 g/mol. The molecule has 2 rings (SSSR count). The van der Waals surface area contributed by atoms with Crippen LogP contribution in [0.5, 0.6) is 5.75 Å². The van der Waals surface area contributed by atoms with Crippen LogP contribution in [0.25, 0.3) is 11.1 Å². The Balaban J connectivity index is 2.51. The summed E-state index contributed by atoms with van der Waals surface area (Å²) in [5.74, 6) is 0.857. The first kappa shape index (κ1) is 11.7. The van der Waals surface area contributed by atoms with E-state index in [2.05, 4.69) is 23.2 Å². The third-order valence-electron chi connectivity index (χ3n) is 2.76. The molecule has 17 heavy (non-hydrogen) atoms. The highest BCUT2D eigenvalue weighted by Crippen LogP contribution is 2.32. The highest BCUT2D eigenvalue weighted by molar-refractivity contribution is 5.72. The van der Waals surface area contributed by atoms with Crippen LogP contribution in [0.3, 0.4) is 0 Å². The van der Waals surface area contributed by atoms with Crippen LogP contribution in [0.1, 0.15) is 11.3 Å². The summed E-state index contributed by atoms with van der Waals surface area (Å²) in [6.07, 6.45) is 2.61. The number of aryl methyl sites for hydroxylation is 1. The van der Waals surface area contributed by atoms with E-state index in [-0.39, 0.29) is 0 Å². The van der Waals surface area contributed by atoms with Crippen molar-refractivity contribution in [3.05, 3.63) is 35.7 Å². The monoisotopic (exact) mass is 231 g/mol. The molecule has 0 aliphatic rings. The minimum Gasteiger partial charge on any atom is -0.496 e. The third kappa shape index (κ3) is 2.31. The quantitative estimate of drug-likeness (QED) is 0.844. The van der Waals surface area contributed by atoms with Crippen molar-refractivity contribution < 1.29 is 4.74 Å². The van der Waals surface area contributed by atoms with Gasteiger partial charge >= 0.3 is 0 Å². The van der Waals surface area contributed by atoms with Crippen LogP contribution >= 0.6 is 0 Å². The van der Waals surface area contributed by atoms with E-state index in [1.54, 1.807) is 7.11 Å². The molecule has 0 radical (unpaired) electrons. The zero-order chi connectivity index (χ0) is 12.3. The molecule has 0 amide bonds. The van der Waals surface area contributed by atoms with E-state index in [4.69, 9.17) is 10.5 Å². The molecule has 1 aromatic heterocycles. The number of ether oxygens (including phenoxy) is 1. The van der Waals surface area contributed by atoms with Crippen LogP contribution in [-0.2, 0) is 6.42 Å². The van der Waals surface area contributed by atoms with Crippen LogP contribution in [0.4, 0.5) is 0 Å². The highest BCUT2D eigenvalue weighted by atomic mass is 16.5. The number of nitrogens with two attached hydrogens (primary N) is 1. The van der Waals surface area contributed by atoms with Gasteiger partial charge in [-0.3, -0.25) is 5.10 Å². The van der Waals surface area contributed by atoms with Gasteiger partial charge in [-0.05, 0) is 25.6 Å². The first-order chi connectivity index (χ1) is 8.26. The predicted octanol–water partition coefficient (Wildman–Crippen LogP) is 1.89. The van der Waals surface area contributed by atoms with E-state index < -0.39 is 0 Å². The summed E-state index contributed by atoms with van der Waals surface area (Å²) in [6, 6.07) is 6.11. The van der Waals surface area contributed by atoms with Gasteiger partial charge < -0.3 is 10.5 Å². The molecule has 4 nitrogen and oxygen atoms in total. The summed E-state index contributed by atoms with van der Waals surface area (Å²) < 4.78 is 5.38. The molecule has 0 unspecified atom stereocenters. The molecular formula is C13H17N3O. The molecule has 2 aromatic rings. The smallest absolute Gasteiger partial charge is 0.126 e. The number of benzene rings is 1. The Morgan fingerprint density at radius 2 is 2.18 bits per heavy atom. The number of aromatic nitrogens is 2. The summed E-state index contributed by atoms with van der Waals surface area (Å²) in [5, 5.41) is 7.08. The van der Waals surface area contributed by atoms with E-state index in [1.807, 2.05) is 18.3 Å². The molecule has 0 spiro atoms. The van der Waals surface area contributed by atoms with E-state index in [9.17, 15) is 0 Å². The second-order valence-electron chi connectivity index (χ2n) is 4.00. The van der Waals surface area contributed by atoms with Crippen LogP contribution in [0.15, 0.2) is 24.4 Å². The summed E-state index contributed by atoms with van der Waals surface area (Å²) in [7, 11) is 1.68. The number of rotatable bonds is 4. The SMILES string of the molecule is COc1ccc(C)cc1-c1cn[nH]c1CCN. The van der Waals surface area contributed by atoms with Gasteiger partial charge in [0.25, 0.3) is 0 Å². The van der Waals surface area contributed by atoms with Gasteiger partial charge in [0, 0.05) is 23.2 Å². The average Bonchev–Trinajstić information content (AvgIpc) is 2.77. The first-order valence-electron chi connectivity index (χ1n) is 5.63. The van der Waals surface area contributed by atoms with Gasteiger partial charge in [0.05, 0.1) is 13.3 Å². The molecule has 1 heterocycles. The van der Waals surface area contributed by atoms with Gasteiger partial charge in [0.15, 0.2) is 0 Å². The maximum Gasteiger partial charge on any atom is 0.126 e. The van der Waals surface area contributed by atoms with Crippen molar-refractivity contribution in [2.24, 2.45) is 5.73 Å². The van der Waals surface area contributed by atoms with Crippen LogP contribution in [-0.4, -0.2) is 23.9 Å². The van der Waals surface area contributed by atoms with Crippen molar-refractivity contribution in [1.29, 1.82) is 0 Å². The van der Waals surface area contributed by atoms with Crippen LogP contribution < -0.4 is 10.5 Å². The summed E-state index contributed by atoms with van der Waals surface area (Å²) >= 11 is 0. The number of hydrogen-bond acceptors (Lipinski definition) is 3. The molecule has 0 fully saturated rings. The number of aromatic amines is 1. The van der Waals surface area contributed by atoms with E-state index in [0.29, 0.717) is 6.54 Å². The molecule has 0 atom stereocenters. The Hall–Kier alpha value is -1.81. The molecule has 1 aromatic carbocycles. The average molecular weight is 231 g/mol. The fraction of sp³-hybridized carbons (Fsp3) is 0.308. The molecule has 0 saturated carbocycles. The van der Waals surface area contributed by atoms with E-state index in [0.717, 1.165) is 29.0 Å². The Kier molecular flexibility index (Phi) is 3.44. The number of nitrogens with zero attached hydrogens (tertiary/aromatic N) is 1. The fourth-order valence-electron chi connectivity index (χ4n) is 1.91. The Morgan fingerprint density at radius 1 is 1.35 bits per heavy atom. The molecule has 0 bridgehead atoms. The molecule has 4 heteroatoms. The Labute approximate surface area is 101 Å². The molecule has 0 aliphatic heterocycles. The first-order valence-corrected chi connectivity index (χ1v) is 5.63. The minimum atomic E-state index is 0.601. The largest absolute Gasteiger partial charge is 0.496 e. The standard InChI is InChI=1S/C13H17N3O/c1-9-3-4-13(17-2)10(7-9)11-8-15-16-12(11)5-6-14/h3-4,7-8H,5-6,14H2,1-2H3,(H,15,16). The lowest BCUT2D eigenvalue weighted by atomic mass is 10.0. The summed E-state index contributed by atoms with van der Waals surface area (Å²) in [5.41, 5.74) is 9.96. The van der Waals surface area contributed by atoms with Crippen molar-refractivity contribution in [1.82, 2.24) is 10.2 Å². The normalized spacial score (nSPS) is 10.5. The topological polar surface area (TPSA) is 63.9 Å². The lowest BCUT2D eigenvalue weighted by Crippen LogP contribution is -2.04. The third-order valence-corrected chi connectivity index (χ3v) is 2.76. The predicted molar refractivity (Wildman–Crippen MR) is 68.1 cm³/mol. The summed E-state index contributed by atoms with van der Waals surface area (Å²) in [4.78, 5) is 0. The minimum absolute atomic E-state index is 0.601. The number of H-pyrrole nitrogens is 1. The Bertz CT molecular complexity index is 505. The number of hydrogen-bond donors (Lipinski definition) is 2. The van der Waals surface area contributed by atoms with Crippen LogP contribution in [0.2, 0.25) is 0 Å². The van der Waals surface area contributed by atoms with Crippen molar-refractivity contribution in [3.63, 3.8) is 0 Å². The van der Waals surface area contributed by atoms with E-state index >= 15 is 0 Å². The highest BCUT2D eigenvalue weighted by Gasteiger charge is 2.12. The van der Waals surface area contributed by atoms with Gasteiger partial charge in [-0.2, -0.15) is 5.10 Å². The van der Waals surface area contributed by atoms with Gasteiger partial charge in [0.1, 0.15) is 5.75 Å². The van der Waals surface area contributed by atoms with Gasteiger partial charge in [-0.1, -0.05) is 11.6 Å². The number of nitrogens with one attached hydrogen (secondary N) is 1. The lowest BCUT2D eigenvalue weighted by molar-refractivity contribution is 0.416. The number of methoxy groups -OCH3 is 1. The van der Waals surface area contributed by atoms with Crippen LogP contribution in [0, 0.1) is 6.92 Å². The molecule has 3 N–H and O–H groups in total. The van der Waals surface area contributed by atoms with E-state index in [1.165, 1.54) is 5.56 Å². The maximum absolute atomic E-state index is 5.59. The maximum atomic E-state index is 5.59. The molecule has 0 saturated heterocycles. The van der Waals surface area contributed by atoms with Gasteiger partial charge in [-0.15, -0.1) is 0 Å².